The Morgan fingerprint density at radius 3 is 2.46 bits per heavy atom. The maximum atomic E-state index is 12.0. The van der Waals surface area contributed by atoms with Crippen LogP contribution in [0.25, 0.3) is 0 Å². The van der Waals surface area contributed by atoms with E-state index in [9.17, 15) is 9.59 Å². The van der Waals surface area contributed by atoms with E-state index in [1.54, 1.807) is 36.0 Å². The van der Waals surface area contributed by atoms with Crippen molar-refractivity contribution >= 4 is 23.6 Å². The van der Waals surface area contributed by atoms with Gasteiger partial charge in [0.2, 0.25) is 0 Å². The molecule has 1 fully saturated rings. The minimum atomic E-state index is -0.239. The Hall–Kier alpha value is -2.19. The van der Waals surface area contributed by atoms with Gasteiger partial charge in [-0.25, -0.2) is 4.79 Å². The number of piperidine rings is 1. The minimum absolute atomic E-state index is 0.0179. The van der Waals surface area contributed by atoms with E-state index in [1.165, 1.54) is 0 Å². The Balaban J connectivity index is 1.74. The lowest BCUT2D eigenvalue weighted by Crippen LogP contribution is -2.45. The fraction of sp³-hybridized carbons (Fsp3) is 0.444. The molecule has 0 radical (unpaired) electrons. The van der Waals surface area contributed by atoms with Crippen molar-refractivity contribution in [3.05, 3.63) is 34.9 Å². The molecule has 1 aromatic rings. The SMILES string of the molecule is CN(C)C(=O)N1CCC(C(=O)OCC#Cc2ccc(Cl)cc2)CC1. The lowest BCUT2D eigenvalue weighted by molar-refractivity contribution is -0.148. The number of amides is 2. The third kappa shape index (κ3) is 5.17. The molecule has 0 atom stereocenters. The molecule has 1 heterocycles. The van der Waals surface area contributed by atoms with Crippen LogP contribution in [0.5, 0.6) is 0 Å². The fourth-order valence-electron chi connectivity index (χ4n) is 2.49. The molecule has 0 saturated carbocycles. The lowest BCUT2D eigenvalue weighted by Gasteiger charge is -2.32. The van der Waals surface area contributed by atoms with Crippen LogP contribution >= 0.6 is 11.6 Å². The Bertz CT molecular complexity index is 638. The summed E-state index contributed by atoms with van der Waals surface area (Å²) in [6, 6.07) is 7.14. The summed E-state index contributed by atoms with van der Waals surface area (Å²) < 4.78 is 5.22. The Morgan fingerprint density at radius 1 is 1.25 bits per heavy atom. The lowest BCUT2D eigenvalue weighted by atomic mass is 9.97. The van der Waals surface area contributed by atoms with Gasteiger partial charge in [0.25, 0.3) is 0 Å². The van der Waals surface area contributed by atoms with Crippen molar-refractivity contribution in [3.63, 3.8) is 0 Å². The van der Waals surface area contributed by atoms with Crippen molar-refractivity contribution in [2.75, 3.05) is 33.8 Å². The van der Waals surface area contributed by atoms with Crippen LogP contribution in [-0.2, 0) is 9.53 Å². The highest BCUT2D eigenvalue weighted by atomic mass is 35.5. The van der Waals surface area contributed by atoms with Gasteiger partial charge in [-0.3, -0.25) is 4.79 Å². The van der Waals surface area contributed by atoms with Crippen molar-refractivity contribution in [2.45, 2.75) is 12.8 Å². The highest BCUT2D eigenvalue weighted by Crippen LogP contribution is 2.19. The number of hydrogen-bond acceptors (Lipinski definition) is 3. The van der Waals surface area contributed by atoms with Crippen LogP contribution < -0.4 is 0 Å². The molecule has 2 amide bonds. The molecule has 5 nitrogen and oxygen atoms in total. The van der Waals surface area contributed by atoms with E-state index >= 15 is 0 Å². The quantitative estimate of drug-likeness (QED) is 0.610. The van der Waals surface area contributed by atoms with Crippen LogP contribution in [0.3, 0.4) is 0 Å². The smallest absolute Gasteiger partial charge is 0.319 e. The normalized spacial score (nSPS) is 14.5. The van der Waals surface area contributed by atoms with Crippen molar-refractivity contribution < 1.29 is 14.3 Å². The molecule has 0 unspecified atom stereocenters. The predicted octanol–water partition coefficient (Wildman–Crippen LogP) is 2.63. The molecule has 128 valence electrons. The van der Waals surface area contributed by atoms with Gasteiger partial charge in [-0.1, -0.05) is 23.4 Å². The van der Waals surface area contributed by atoms with Gasteiger partial charge in [0.05, 0.1) is 5.92 Å². The highest BCUT2D eigenvalue weighted by Gasteiger charge is 2.28. The first kappa shape index (κ1) is 18.2. The fourth-order valence-corrected chi connectivity index (χ4v) is 2.61. The van der Waals surface area contributed by atoms with Gasteiger partial charge in [0, 0.05) is 37.8 Å². The predicted molar refractivity (Wildman–Crippen MR) is 92.7 cm³/mol. The van der Waals surface area contributed by atoms with Gasteiger partial charge in [-0.15, -0.1) is 0 Å². The number of hydrogen-bond donors (Lipinski definition) is 0. The van der Waals surface area contributed by atoms with Gasteiger partial charge in [-0.05, 0) is 37.1 Å². The first-order valence-corrected chi connectivity index (χ1v) is 8.22. The Kier molecular flexibility index (Phi) is 6.51. The molecule has 1 aliphatic rings. The Morgan fingerprint density at radius 2 is 1.88 bits per heavy atom. The number of ether oxygens (including phenoxy) is 1. The molecule has 1 saturated heterocycles. The number of esters is 1. The van der Waals surface area contributed by atoms with Crippen LogP contribution in [0, 0.1) is 17.8 Å². The van der Waals surface area contributed by atoms with Gasteiger partial charge in [-0.2, -0.15) is 0 Å². The van der Waals surface area contributed by atoms with Gasteiger partial charge in [0.1, 0.15) is 0 Å². The number of nitrogens with zero attached hydrogens (tertiary/aromatic N) is 2. The second kappa shape index (κ2) is 8.60. The molecular formula is C18H21ClN2O3. The maximum Gasteiger partial charge on any atom is 0.319 e. The maximum absolute atomic E-state index is 12.0. The third-order valence-corrected chi connectivity index (χ3v) is 4.10. The second-order valence-electron chi connectivity index (χ2n) is 5.85. The topological polar surface area (TPSA) is 49.9 Å². The zero-order valence-corrected chi connectivity index (χ0v) is 14.7. The molecule has 24 heavy (non-hydrogen) atoms. The van der Waals surface area contributed by atoms with Crippen LogP contribution in [0.4, 0.5) is 4.79 Å². The van der Waals surface area contributed by atoms with E-state index < -0.39 is 0 Å². The van der Waals surface area contributed by atoms with Crippen molar-refractivity contribution in [1.29, 1.82) is 0 Å². The summed E-state index contributed by atoms with van der Waals surface area (Å²) in [7, 11) is 3.45. The monoisotopic (exact) mass is 348 g/mol. The van der Waals surface area contributed by atoms with E-state index in [1.807, 2.05) is 12.1 Å². The first-order chi connectivity index (χ1) is 11.5. The zero-order valence-electron chi connectivity index (χ0n) is 13.9. The minimum Gasteiger partial charge on any atom is -0.452 e. The highest BCUT2D eigenvalue weighted by molar-refractivity contribution is 6.30. The van der Waals surface area contributed by atoms with Crippen LogP contribution in [0.2, 0.25) is 5.02 Å². The van der Waals surface area contributed by atoms with E-state index in [2.05, 4.69) is 11.8 Å². The number of halogens is 1. The summed E-state index contributed by atoms with van der Waals surface area (Å²) in [6.07, 6.45) is 1.26. The van der Waals surface area contributed by atoms with Crippen LogP contribution in [0.15, 0.2) is 24.3 Å². The zero-order chi connectivity index (χ0) is 17.5. The van der Waals surface area contributed by atoms with Crippen molar-refractivity contribution in [2.24, 2.45) is 5.92 Å². The average molecular weight is 349 g/mol. The first-order valence-electron chi connectivity index (χ1n) is 7.84. The molecular weight excluding hydrogens is 328 g/mol. The number of rotatable bonds is 2. The standard InChI is InChI=1S/C18H21ClN2O3/c1-20(2)18(23)21-11-9-15(10-12-21)17(22)24-13-3-4-14-5-7-16(19)8-6-14/h5-8,15H,9-13H2,1-2H3. The number of benzene rings is 1. The number of urea groups is 1. The molecule has 0 aromatic heterocycles. The number of carbonyl (C=O) groups is 2. The van der Waals surface area contributed by atoms with E-state index in [4.69, 9.17) is 16.3 Å². The van der Waals surface area contributed by atoms with Gasteiger partial charge in [0.15, 0.2) is 6.61 Å². The molecule has 1 aromatic carbocycles. The summed E-state index contributed by atoms with van der Waals surface area (Å²) in [5, 5.41) is 0.658. The number of likely N-dealkylation sites (tertiary alicyclic amines) is 1. The van der Waals surface area contributed by atoms with Crippen molar-refractivity contribution in [1.82, 2.24) is 9.80 Å². The molecule has 0 bridgehead atoms. The van der Waals surface area contributed by atoms with E-state index in [0.717, 1.165) is 5.56 Å². The third-order valence-electron chi connectivity index (χ3n) is 3.84. The molecule has 0 aliphatic carbocycles. The molecule has 1 aliphatic heterocycles. The largest absolute Gasteiger partial charge is 0.452 e. The van der Waals surface area contributed by atoms with Gasteiger partial charge >= 0.3 is 12.0 Å². The van der Waals surface area contributed by atoms with Gasteiger partial charge < -0.3 is 14.5 Å². The summed E-state index contributed by atoms with van der Waals surface area (Å²) in [4.78, 5) is 27.2. The molecule has 0 spiro atoms. The molecule has 0 N–H and O–H groups in total. The second-order valence-corrected chi connectivity index (χ2v) is 6.29. The van der Waals surface area contributed by atoms with Crippen LogP contribution in [0.1, 0.15) is 18.4 Å². The molecule has 6 heteroatoms. The number of carbonyl (C=O) groups excluding carboxylic acids is 2. The van der Waals surface area contributed by atoms with E-state index in [-0.39, 0.29) is 24.5 Å². The summed E-state index contributed by atoms with van der Waals surface area (Å²) in [5.74, 6) is 5.35. The van der Waals surface area contributed by atoms with Crippen molar-refractivity contribution in [3.8, 4) is 11.8 Å². The Labute approximate surface area is 147 Å². The van der Waals surface area contributed by atoms with E-state index in [0.29, 0.717) is 31.0 Å². The summed E-state index contributed by atoms with van der Waals surface area (Å²) in [5.41, 5.74) is 0.825. The summed E-state index contributed by atoms with van der Waals surface area (Å²) in [6.45, 7) is 1.22. The van der Waals surface area contributed by atoms with Crippen LogP contribution in [-0.4, -0.2) is 55.6 Å². The molecule has 2 rings (SSSR count). The summed E-state index contributed by atoms with van der Waals surface area (Å²) >= 11 is 5.80. The average Bonchev–Trinajstić information content (AvgIpc) is 2.59.